The van der Waals surface area contributed by atoms with Crippen molar-refractivity contribution in [3.8, 4) is 0 Å². The van der Waals surface area contributed by atoms with Crippen molar-refractivity contribution < 1.29 is 9.72 Å². The molecule has 96 valence electrons. The first kappa shape index (κ1) is 12.8. The van der Waals surface area contributed by atoms with Crippen LogP contribution in [-0.4, -0.2) is 16.4 Å². The minimum Gasteiger partial charge on any atom is -0.324 e. The first-order chi connectivity index (χ1) is 8.42. The number of carbonyl (C=O) groups excluding carboxylic acids is 1. The molecule has 1 fully saturated rings. The lowest BCUT2D eigenvalue weighted by Crippen LogP contribution is -2.56. The minimum absolute atomic E-state index is 0.0316. The van der Waals surface area contributed by atoms with Crippen molar-refractivity contribution in [1.29, 1.82) is 0 Å². The van der Waals surface area contributed by atoms with E-state index in [2.05, 4.69) is 5.32 Å². The summed E-state index contributed by atoms with van der Waals surface area (Å²) in [5, 5.41) is 13.3. The van der Waals surface area contributed by atoms with Gasteiger partial charge < -0.3 is 11.1 Å². The fourth-order valence-corrected chi connectivity index (χ4v) is 1.96. The highest BCUT2D eigenvalue weighted by Gasteiger charge is 2.40. The van der Waals surface area contributed by atoms with Crippen LogP contribution in [-0.2, 0) is 4.79 Å². The summed E-state index contributed by atoms with van der Waals surface area (Å²) in [6.45, 7) is 0. The summed E-state index contributed by atoms with van der Waals surface area (Å²) in [6, 6.07) is 4.11. The third-order valence-electron chi connectivity index (χ3n) is 3.10. The molecule has 3 N–H and O–H groups in total. The van der Waals surface area contributed by atoms with Crippen molar-refractivity contribution in [2.24, 2.45) is 5.73 Å². The molecule has 0 aromatic heterocycles. The average molecular weight is 270 g/mol. The highest BCUT2D eigenvalue weighted by molar-refractivity contribution is 6.32. The van der Waals surface area contributed by atoms with Gasteiger partial charge in [0, 0.05) is 11.8 Å². The molecule has 0 unspecified atom stereocenters. The number of amides is 1. The van der Waals surface area contributed by atoms with Gasteiger partial charge in [-0.3, -0.25) is 14.9 Å². The molecule has 0 heterocycles. The van der Waals surface area contributed by atoms with Crippen LogP contribution in [0.15, 0.2) is 18.2 Å². The predicted molar refractivity (Wildman–Crippen MR) is 67.5 cm³/mol. The van der Waals surface area contributed by atoms with Gasteiger partial charge in [0.05, 0.1) is 10.5 Å². The van der Waals surface area contributed by atoms with Crippen LogP contribution < -0.4 is 11.1 Å². The minimum atomic E-state index is -0.839. The Balaban J connectivity index is 2.17. The summed E-state index contributed by atoms with van der Waals surface area (Å²) in [5.74, 6) is -0.314. The summed E-state index contributed by atoms with van der Waals surface area (Å²) >= 11 is 5.68. The van der Waals surface area contributed by atoms with Gasteiger partial charge in [-0.15, -0.1) is 0 Å². The van der Waals surface area contributed by atoms with Crippen molar-refractivity contribution in [2.45, 2.75) is 24.8 Å². The summed E-state index contributed by atoms with van der Waals surface area (Å²) in [5.41, 5.74) is 5.10. The van der Waals surface area contributed by atoms with Gasteiger partial charge in [0.2, 0.25) is 5.91 Å². The second kappa shape index (κ2) is 4.55. The fourth-order valence-electron chi connectivity index (χ4n) is 1.77. The van der Waals surface area contributed by atoms with E-state index >= 15 is 0 Å². The van der Waals surface area contributed by atoms with E-state index in [1.807, 2.05) is 0 Å². The molecule has 7 heteroatoms. The molecule has 0 saturated heterocycles. The van der Waals surface area contributed by atoms with E-state index in [0.717, 1.165) is 6.42 Å². The van der Waals surface area contributed by atoms with Crippen molar-refractivity contribution in [3.63, 3.8) is 0 Å². The number of nitrogens with two attached hydrogens (primary N) is 1. The Labute approximate surface area is 108 Å². The van der Waals surface area contributed by atoms with Gasteiger partial charge in [-0.05, 0) is 31.4 Å². The number of nitro groups is 1. The number of hydrogen-bond donors (Lipinski definition) is 2. The topological polar surface area (TPSA) is 98.3 Å². The predicted octanol–water partition coefficient (Wildman–Crippen LogP) is 2.07. The van der Waals surface area contributed by atoms with E-state index in [1.54, 1.807) is 0 Å². The first-order valence-electron chi connectivity index (χ1n) is 5.47. The molecule has 1 saturated carbocycles. The summed E-state index contributed by atoms with van der Waals surface area (Å²) < 4.78 is 0. The van der Waals surface area contributed by atoms with Crippen LogP contribution >= 0.6 is 11.6 Å². The maximum Gasteiger partial charge on any atom is 0.289 e. The Morgan fingerprint density at radius 3 is 2.67 bits per heavy atom. The number of nitrogens with zero attached hydrogens (tertiary/aromatic N) is 1. The zero-order chi connectivity index (χ0) is 13.3. The quantitative estimate of drug-likeness (QED) is 0.648. The zero-order valence-corrected chi connectivity index (χ0v) is 10.2. The summed E-state index contributed by atoms with van der Waals surface area (Å²) in [7, 11) is 0. The van der Waals surface area contributed by atoms with E-state index in [9.17, 15) is 14.9 Å². The molecule has 0 bridgehead atoms. The van der Waals surface area contributed by atoms with Crippen LogP contribution in [0.4, 0.5) is 11.4 Å². The van der Waals surface area contributed by atoms with E-state index in [1.165, 1.54) is 18.2 Å². The molecular formula is C11H12ClN3O3. The van der Waals surface area contributed by atoms with Crippen molar-refractivity contribution >= 4 is 28.9 Å². The Kier molecular flexibility index (Phi) is 3.23. The number of carbonyl (C=O) groups is 1. The van der Waals surface area contributed by atoms with E-state index in [0.29, 0.717) is 18.5 Å². The van der Waals surface area contributed by atoms with Gasteiger partial charge >= 0.3 is 0 Å². The van der Waals surface area contributed by atoms with Gasteiger partial charge in [-0.2, -0.15) is 0 Å². The second-order valence-electron chi connectivity index (χ2n) is 4.39. The molecular weight excluding hydrogens is 258 g/mol. The molecule has 1 amide bonds. The Morgan fingerprint density at radius 2 is 2.17 bits per heavy atom. The van der Waals surface area contributed by atoms with E-state index in [4.69, 9.17) is 17.3 Å². The molecule has 0 spiro atoms. The third kappa shape index (κ3) is 2.30. The van der Waals surface area contributed by atoms with Gasteiger partial charge in [0.25, 0.3) is 5.69 Å². The average Bonchev–Trinajstić information content (AvgIpc) is 2.28. The zero-order valence-electron chi connectivity index (χ0n) is 9.48. The third-order valence-corrected chi connectivity index (χ3v) is 3.42. The summed E-state index contributed by atoms with van der Waals surface area (Å²) in [6.07, 6.45) is 2.19. The highest BCUT2D eigenvalue weighted by Crippen LogP contribution is 2.32. The fraction of sp³-hybridized carbons (Fsp3) is 0.364. The Morgan fingerprint density at radius 1 is 1.50 bits per heavy atom. The van der Waals surface area contributed by atoms with Crippen molar-refractivity contribution in [1.82, 2.24) is 0 Å². The lowest BCUT2D eigenvalue weighted by molar-refractivity contribution is -0.384. The van der Waals surface area contributed by atoms with Gasteiger partial charge in [-0.25, -0.2) is 0 Å². The van der Waals surface area contributed by atoms with Gasteiger partial charge in [0.15, 0.2) is 0 Å². The normalized spacial score (nSPS) is 16.8. The number of nitro benzene ring substituents is 1. The molecule has 18 heavy (non-hydrogen) atoms. The number of rotatable bonds is 3. The maximum atomic E-state index is 11.8. The Bertz CT molecular complexity index is 514. The largest absolute Gasteiger partial charge is 0.324 e. The van der Waals surface area contributed by atoms with Crippen LogP contribution in [0.5, 0.6) is 0 Å². The summed E-state index contributed by atoms with van der Waals surface area (Å²) in [4.78, 5) is 22.0. The maximum absolute atomic E-state index is 11.8. The number of benzene rings is 1. The van der Waals surface area contributed by atoms with Crippen molar-refractivity contribution in [3.05, 3.63) is 33.3 Å². The molecule has 1 aliphatic rings. The molecule has 6 nitrogen and oxygen atoms in total. The highest BCUT2D eigenvalue weighted by atomic mass is 35.5. The van der Waals surface area contributed by atoms with Crippen LogP contribution in [0.3, 0.4) is 0 Å². The van der Waals surface area contributed by atoms with Gasteiger partial charge in [0.1, 0.15) is 5.02 Å². The molecule has 1 aromatic rings. The molecule has 2 rings (SSSR count). The lowest BCUT2D eigenvalue weighted by atomic mass is 9.77. The van der Waals surface area contributed by atoms with Gasteiger partial charge in [-0.1, -0.05) is 11.6 Å². The number of hydrogen-bond acceptors (Lipinski definition) is 4. The number of nitrogens with one attached hydrogen (secondary N) is 1. The van der Waals surface area contributed by atoms with Crippen molar-refractivity contribution in [2.75, 3.05) is 5.32 Å². The van der Waals surface area contributed by atoms with Crippen LogP contribution in [0.1, 0.15) is 19.3 Å². The number of halogens is 1. The molecule has 0 aliphatic heterocycles. The lowest BCUT2D eigenvalue weighted by Gasteiger charge is -2.36. The number of anilines is 1. The smallest absolute Gasteiger partial charge is 0.289 e. The van der Waals surface area contributed by atoms with Crippen LogP contribution in [0.2, 0.25) is 5.02 Å². The molecule has 0 radical (unpaired) electrons. The molecule has 0 atom stereocenters. The van der Waals surface area contributed by atoms with E-state index in [-0.39, 0.29) is 16.6 Å². The first-order valence-corrected chi connectivity index (χ1v) is 5.84. The van der Waals surface area contributed by atoms with Crippen LogP contribution in [0, 0.1) is 10.1 Å². The molecule has 1 aliphatic carbocycles. The van der Waals surface area contributed by atoms with Crippen LogP contribution in [0.25, 0.3) is 0 Å². The monoisotopic (exact) mass is 269 g/mol. The Hall–Kier alpha value is -1.66. The second-order valence-corrected chi connectivity index (χ2v) is 4.79. The standard InChI is InChI=1S/C11H12ClN3O3/c12-8-3-2-7(6-9(8)15(17)18)14-10(16)11(13)4-1-5-11/h2-3,6H,1,4-5,13H2,(H,14,16). The molecule has 1 aromatic carbocycles. The van der Waals surface area contributed by atoms with E-state index < -0.39 is 10.5 Å². The SMILES string of the molecule is NC1(C(=O)Nc2ccc(Cl)c([N+](=O)[O-])c2)CCC1.